The Balaban J connectivity index is 1.33. The molecule has 0 unspecified atom stereocenters. The first-order chi connectivity index (χ1) is 15.5. The molecule has 1 fully saturated rings. The van der Waals surface area contributed by atoms with Crippen LogP contribution in [0, 0.1) is 13.8 Å². The molecule has 4 heterocycles. The Kier molecular flexibility index (Phi) is 5.64. The molecule has 1 saturated heterocycles. The minimum absolute atomic E-state index is 0.906. The lowest BCUT2D eigenvalue weighted by atomic mass is 10.00. The number of nitrogens with zero attached hydrogens (tertiary/aromatic N) is 5. The Morgan fingerprint density at radius 3 is 2.66 bits per heavy atom. The molecule has 2 aromatic heterocycles. The van der Waals surface area contributed by atoms with Crippen molar-refractivity contribution in [2.45, 2.75) is 39.7 Å². The highest BCUT2D eigenvalue weighted by Gasteiger charge is 2.23. The molecule has 0 saturated carbocycles. The maximum absolute atomic E-state index is 11.4. The van der Waals surface area contributed by atoms with Gasteiger partial charge in [0, 0.05) is 69.3 Å². The van der Waals surface area contributed by atoms with Crippen molar-refractivity contribution < 1.29 is 4.79 Å². The van der Waals surface area contributed by atoms with Crippen LogP contribution in [0.1, 0.15) is 28.8 Å². The van der Waals surface area contributed by atoms with Crippen molar-refractivity contribution in [3.05, 3.63) is 52.8 Å². The van der Waals surface area contributed by atoms with Crippen molar-refractivity contribution in [2.75, 3.05) is 49.6 Å². The number of hydrogen-bond donors (Lipinski definition) is 0. The number of carbonyl (C=O) groups is 1. The molecule has 6 nitrogen and oxygen atoms in total. The zero-order valence-electron chi connectivity index (χ0n) is 19.5. The minimum Gasteiger partial charge on any atom is -0.354 e. The Morgan fingerprint density at radius 1 is 1.09 bits per heavy atom. The van der Waals surface area contributed by atoms with Crippen LogP contribution >= 0.6 is 0 Å². The maximum atomic E-state index is 11.4. The summed E-state index contributed by atoms with van der Waals surface area (Å²) in [6, 6.07) is 8.66. The number of anilines is 2. The fraction of sp³-hybridized carbons (Fsp3) is 0.462. The molecule has 0 aliphatic carbocycles. The zero-order chi connectivity index (χ0) is 22.2. The fourth-order valence-corrected chi connectivity index (χ4v) is 5.39. The first-order valence-corrected chi connectivity index (χ1v) is 11.8. The SMILES string of the molecule is Cc1ccnc(N2CCN(CCc3c(C)n4c5c(cc(N(C)C=O)cc35)CCC4)CC2)c1. The van der Waals surface area contributed by atoms with E-state index in [1.54, 1.807) is 4.90 Å². The molecule has 0 spiro atoms. The van der Waals surface area contributed by atoms with Gasteiger partial charge in [0.25, 0.3) is 0 Å². The lowest BCUT2D eigenvalue weighted by Crippen LogP contribution is -2.47. The number of amides is 1. The second kappa shape index (κ2) is 8.58. The Labute approximate surface area is 190 Å². The molecule has 0 radical (unpaired) electrons. The predicted octanol–water partition coefficient (Wildman–Crippen LogP) is 3.56. The maximum Gasteiger partial charge on any atom is 0.213 e. The Hall–Kier alpha value is -2.86. The van der Waals surface area contributed by atoms with Crippen molar-refractivity contribution in [2.24, 2.45) is 0 Å². The van der Waals surface area contributed by atoms with E-state index in [9.17, 15) is 4.79 Å². The molecule has 0 atom stereocenters. The van der Waals surface area contributed by atoms with E-state index >= 15 is 0 Å². The van der Waals surface area contributed by atoms with Gasteiger partial charge in [0.1, 0.15) is 5.82 Å². The lowest BCUT2D eigenvalue weighted by molar-refractivity contribution is -0.107. The second-order valence-electron chi connectivity index (χ2n) is 9.31. The van der Waals surface area contributed by atoms with Gasteiger partial charge in [-0.1, -0.05) is 0 Å². The highest BCUT2D eigenvalue weighted by atomic mass is 16.1. The number of piperazine rings is 1. The highest BCUT2D eigenvalue weighted by molar-refractivity contribution is 5.93. The lowest BCUT2D eigenvalue weighted by Gasteiger charge is -2.35. The van der Waals surface area contributed by atoms with Crippen molar-refractivity contribution in [3.8, 4) is 0 Å². The van der Waals surface area contributed by atoms with Crippen molar-refractivity contribution >= 4 is 28.8 Å². The summed E-state index contributed by atoms with van der Waals surface area (Å²) in [6.45, 7) is 10.7. The van der Waals surface area contributed by atoms with E-state index in [1.165, 1.54) is 39.7 Å². The van der Waals surface area contributed by atoms with E-state index in [4.69, 9.17) is 0 Å². The van der Waals surface area contributed by atoms with Crippen LogP contribution in [0.5, 0.6) is 0 Å². The van der Waals surface area contributed by atoms with Gasteiger partial charge in [-0.15, -0.1) is 0 Å². The van der Waals surface area contributed by atoms with Gasteiger partial charge in [-0.2, -0.15) is 0 Å². The van der Waals surface area contributed by atoms with Crippen LogP contribution in [-0.4, -0.2) is 60.6 Å². The average molecular weight is 432 g/mol. The molecular weight excluding hydrogens is 398 g/mol. The van der Waals surface area contributed by atoms with Crippen LogP contribution in [0.25, 0.3) is 10.9 Å². The molecule has 1 aromatic carbocycles. The molecular formula is C26H33N5O. The fourth-order valence-electron chi connectivity index (χ4n) is 5.39. The summed E-state index contributed by atoms with van der Waals surface area (Å²) in [6.07, 6.45) is 6.12. The third-order valence-electron chi connectivity index (χ3n) is 7.28. The first-order valence-electron chi connectivity index (χ1n) is 11.8. The van der Waals surface area contributed by atoms with Gasteiger partial charge in [0.15, 0.2) is 0 Å². The number of aryl methyl sites for hydroxylation is 3. The first kappa shape index (κ1) is 21.0. The summed E-state index contributed by atoms with van der Waals surface area (Å²) < 4.78 is 2.51. The van der Waals surface area contributed by atoms with Crippen LogP contribution in [0.4, 0.5) is 11.5 Å². The Morgan fingerprint density at radius 2 is 1.91 bits per heavy atom. The summed E-state index contributed by atoms with van der Waals surface area (Å²) >= 11 is 0. The van der Waals surface area contributed by atoms with Crippen LogP contribution in [0.2, 0.25) is 0 Å². The molecule has 1 amide bonds. The average Bonchev–Trinajstić information content (AvgIpc) is 3.09. The van der Waals surface area contributed by atoms with E-state index in [2.05, 4.69) is 57.5 Å². The molecule has 168 valence electrons. The topological polar surface area (TPSA) is 44.6 Å². The van der Waals surface area contributed by atoms with Gasteiger partial charge >= 0.3 is 0 Å². The predicted molar refractivity (Wildman–Crippen MR) is 131 cm³/mol. The number of aromatic nitrogens is 2. The van der Waals surface area contributed by atoms with Crippen LogP contribution in [0.3, 0.4) is 0 Å². The summed E-state index contributed by atoms with van der Waals surface area (Å²) in [5.74, 6) is 1.10. The Bertz CT molecular complexity index is 1140. The van der Waals surface area contributed by atoms with Crippen LogP contribution < -0.4 is 9.80 Å². The minimum atomic E-state index is 0.906. The van der Waals surface area contributed by atoms with E-state index in [-0.39, 0.29) is 0 Å². The van der Waals surface area contributed by atoms with Gasteiger partial charge in [-0.05, 0) is 74.1 Å². The smallest absolute Gasteiger partial charge is 0.213 e. The van der Waals surface area contributed by atoms with E-state index in [0.29, 0.717) is 0 Å². The molecule has 0 bridgehead atoms. The molecule has 5 rings (SSSR count). The number of hydrogen-bond acceptors (Lipinski definition) is 4. The molecule has 2 aliphatic heterocycles. The normalized spacial score (nSPS) is 16.5. The monoisotopic (exact) mass is 431 g/mol. The molecule has 6 heteroatoms. The number of carbonyl (C=O) groups excluding carboxylic acids is 1. The zero-order valence-corrected chi connectivity index (χ0v) is 19.5. The highest BCUT2D eigenvalue weighted by Crippen LogP contribution is 2.36. The second-order valence-corrected chi connectivity index (χ2v) is 9.31. The summed E-state index contributed by atoms with van der Waals surface area (Å²) in [5.41, 5.74) is 7.89. The number of benzene rings is 1. The number of pyridine rings is 1. The van der Waals surface area contributed by atoms with Crippen LogP contribution in [-0.2, 0) is 24.2 Å². The van der Waals surface area contributed by atoms with Gasteiger partial charge in [0.05, 0.1) is 5.52 Å². The quantitative estimate of drug-likeness (QED) is 0.560. The van der Waals surface area contributed by atoms with Crippen molar-refractivity contribution in [3.63, 3.8) is 0 Å². The standard InChI is InChI=1S/C26H33N5O/c1-19-6-8-27-25(15-19)30-13-11-29(12-14-30)10-7-23-20(2)31-9-4-5-21-16-22(28(3)18-32)17-24(23)26(21)31/h6,8,15-18H,4-5,7,9-14H2,1-3H3. The van der Waals surface area contributed by atoms with E-state index in [0.717, 1.165) is 70.0 Å². The summed E-state index contributed by atoms with van der Waals surface area (Å²) in [4.78, 5) is 22.6. The van der Waals surface area contributed by atoms with Gasteiger partial charge in [-0.25, -0.2) is 4.98 Å². The third kappa shape index (κ3) is 3.77. The molecule has 3 aromatic rings. The van der Waals surface area contributed by atoms with Gasteiger partial charge < -0.3 is 14.4 Å². The van der Waals surface area contributed by atoms with Crippen molar-refractivity contribution in [1.29, 1.82) is 0 Å². The largest absolute Gasteiger partial charge is 0.354 e. The van der Waals surface area contributed by atoms with Gasteiger partial charge in [0.2, 0.25) is 6.41 Å². The van der Waals surface area contributed by atoms with Gasteiger partial charge in [-0.3, -0.25) is 9.69 Å². The summed E-state index contributed by atoms with van der Waals surface area (Å²) in [5, 5.41) is 1.34. The van der Waals surface area contributed by atoms with Crippen molar-refractivity contribution in [1.82, 2.24) is 14.5 Å². The van der Waals surface area contributed by atoms with E-state index < -0.39 is 0 Å². The third-order valence-corrected chi connectivity index (χ3v) is 7.28. The van der Waals surface area contributed by atoms with Crippen LogP contribution in [0.15, 0.2) is 30.5 Å². The molecule has 2 aliphatic rings. The summed E-state index contributed by atoms with van der Waals surface area (Å²) in [7, 11) is 1.84. The molecule has 32 heavy (non-hydrogen) atoms. The van der Waals surface area contributed by atoms with E-state index in [1.807, 2.05) is 13.2 Å². The molecule has 0 N–H and O–H groups in total. The number of rotatable bonds is 6.